The molecule has 0 rings (SSSR count). The standard InChI is InChI=1S/C36H72O2/c1-5-7-9-11-18-23-27-31-34(30-26-22-12-10-8-6-2)35(36(37)38)32-28-24-20-17-15-13-14-16-19-21-25-29-33(3)4/h33-35H,5-32H2,1-4H3,(H,37,38). The van der Waals surface area contributed by atoms with Crippen LogP contribution in [-0.4, -0.2) is 11.1 Å². The lowest BCUT2D eigenvalue weighted by Gasteiger charge is -2.24. The van der Waals surface area contributed by atoms with Gasteiger partial charge in [0.1, 0.15) is 0 Å². The molecule has 38 heavy (non-hydrogen) atoms. The Kier molecular flexibility index (Phi) is 29.0. The molecule has 0 heterocycles. The Morgan fingerprint density at radius 1 is 0.447 bits per heavy atom. The molecule has 2 heteroatoms. The summed E-state index contributed by atoms with van der Waals surface area (Å²) in [4.78, 5) is 12.3. The Balaban J connectivity index is 4.18. The number of rotatable bonds is 31. The highest BCUT2D eigenvalue weighted by atomic mass is 16.4. The highest BCUT2D eigenvalue weighted by Gasteiger charge is 2.26. The number of unbranched alkanes of at least 4 members (excludes halogenated alkanes) is 21. The summed E-state index contributed by atoms with van der Waals surface area (Å²) in [5, 5.41) is 10.1. The normalized spacial score (nSPS) is 13.3. The molecule has 2 nitrogen and oxygen atoms in total. The van der Waals surface area contributed by atoms with Gasteiger partial charge in [0.25, 0.3) is 0 Å². The van der Waals surface area contributed by atoms with E-state index in [0.717, 1.165) is 31.6 Å². The molecule has 0 aromatic rings. The Morgan fingerprint density at radius 2 is 0.737 bits per heavy atom. The van der Waals surface area contributed by atoms with Crippen molar-refractivity contribution in [2.24, 2.45) is 17.8 Å². The van der Waals surface area contributed by atoms with E-state index in [9.17, 15) is 9.90 Å². The third-order valence-corrected chi connectivity index (χ3v) is 8.79. The van der Waals surface area contributed by atoms with Gasteiger partial charge in [0.05, 0.1) is 5.92 Å². The smallest absolute Gasteiger partial charge is 0.306 e. The van der Waals surface area contributed by atoms with Gasteiger partial charge in [-0.25, -0.2) is 0 Å². The van der Waals surface area contributed by atoms with Gasteiger partial charge in [0, 0.05) is 0 Å². The lowest BCUT2D eigenvalue weighted by Crippen LogP contribution is -2.24. The van der Waals surface area contributed by atoms with E-state index in [1.165, 1.54) is 154 Å². The molecule has 0 aliphatic rings. The van der Waals surface area contributed by atoms with Crippen molar-refractivity contribution in [1.29, 1.82) is 0 Å². The summed E-state index contributed by atoms with van der Waals surface area (Å²) in [6.07, 6.45) is 36.4. The summed E-state index contributed by atoms with van der Waals surface area (Å²) in [6, 6.07) is 0. The first-order valence-electron chi connectivity index (χ1n) is 17.8. The largest absolute Gasteiger partial charge is 0.481 e. The van der Waals surface area contributed by atoms with Crippen LogP contribution in [0.5, 0.6) is 0 Å². The first-order chi connectivity index (χ1) is 18.5. The number of hydrogen-bond acceptors (Lipinski definition) is 1. The van der Waals surface area contributed by atoms with Gasteiger partial charge in [-0.15, -0.1) is 0 Å². The SMILES string of the molecule is CCCCCCCCCC(CCCCCCCC)C(CCCCCCCCCCCCCC(C)C)C(=O)O. The predicted octanol–water partition coefficient (Wildman–Crippen LogP) is 12.9. The molecule has 2 unspecified atom stereocenters. The zero-order valence-electron chi connectivity index (χ0n) is 26.9. The van der Waals surface area contributed by atoms with E-state index in [-0.39, 0.29) is 5.92 Å². The minimum absolute atomic E-state index is 0.110. The quantitative estimate of drug-likeness (QED) is 0.0894. The molecule has 1 N–H and O–H groups in total. The molecule has 0 aromatic heterocycles. The van der Waals surface area contributed by atoms with Crippen molar-refractivity contribution < 1.29 is 9.90 Å². The van der Waals surface area contributed by atoms with E-state index < -0.39 is 5.97 Å². The Bertz CT molecular complexity index is 472. The van der Waals surface area contributed by atoms with Gasteiger partial charge in [-0.1, -0.05) is 188 Å². The van der Waals surface area contributed by atoms with Crippen LogP contribution in [0.25, 0.3) is 0 Å². The van der Waals surface area contributed by atoms with Crippen LogP contribution in [0, 0.1) is 17.8 Å². The highest BCUT2D eigenvalue weighted by Crippen LogP contribution is 2.30. The molecule has 0 aliphatic heterocycles. The first kappa shape index (κ1) is 37.5. The Labute approximate surface area is 240 Å². The lowest BCUT2D eigenvalue weighted by molar-refractivity contribution is -0.144. The average molecular weight is 537 g/mol. The molecule has 0 spiro atoms. The third-order valence-electron chi connectivity index (χ3n) is 8.79. The van der Waals surface area contributed by atoms with E-state index in [1.807, 2.05) is 0 Å². The molecule has 0 saturated heterocycles. The molecule has 0 saturated carbocycles. The van der Waals surface area contributed by atoms with E-state index in [1.54, 1.807) is 0 Å². The molecule has 0 bridgehead atoms. The summed E-state index contributed by atoms with van der Waals surface area (Å²) in [5.74, 6) is 0.630. The molecular formula is C36H72O2. The van der Waals surface area contributed by atoms with Crippen LogP contribution in [-0.2, 0) is 4.79 Å². The maximum atomic E-state index is 12.3. The Hall–Kier alpha value is -0.530. The number of carboxylic acid groups (broad SMARTS) is 1. The number of carbonyl (C=O) groups is 1. The summed E-state index contributed by atoms with van der Waals surface area (Å²) in [7, 11) is 0. The van der Waals surface area contributed by atoms with E-state index in [4.69, 9.17) is 0 Å². The van der Waals surface area contributed by atoms with Gasteiger partial charge in [0.15, 0.2) is 0 Å². The van der Waals surface area contributed by atoms with E-state index in [0.29, 0.717) is 5.92 Å². The van der Waals surface area contributed by atoms with Gasteiger partial charge in [-0.3, -0.25) is 4.79 Å². The van der Waals surface area contributed by atoms with Gasteiger partial charge in [0.2, 0.25) is 0 Å². The van der Waals surface area contributed by atoms with Crippen LogP contribution in [0.2, 0.25) is 0 Å². The van der Waals surface area contributed by atoms with Crippen molar-refractivity contribution in [3.05, 3.63) is 0 Å². The van der Waals surface area contributed by atoms with Gasteiger partial charge in [-0.05, 0) is 31.1 Å². The number of hydrogen-bond donors (Lipinski definition) is 1. The molecular weight excluding hydrogens is 464 g/mol. The van der Waals surface area contributed by atoms with Crippen molar-refractivity contribution in [1.82, 2.24) is 0 Å². The highest BCUT2D eigenvalue weighted by molar-refractivity contribution is 5.70. The zero-order chi connectivity index (χ0) is 28.1. The molecule has 2 atom stereocenters. The summed E-state index contributed by atoms with van der Waals surface area (Å²) in [6.45, 7) is 9.20. The average Bonchev–Trinajstić information content (AvgIpc) is 2.89. The van der Waals surface area contributed by atoms with E-state index in [2.05, 4.69) is 27.7 Å². The van der Waals surface area contributed by atoms with Crippen LogP contribution in [0.1, 0.15) is 207 Å². The monoisotopic (exact) mass is 537 g/mol. The first-order valence-corrected chi connectivity index (χ1v) is 17.8. The second-order valence-corrected chi connectivity index (χ2v) is 13.0. The summed E-state index contributed by atoms with van der Waals surface area (Å²) in [5.41, 5.74) is 0. The second-order valence-electron chi connectivity index (χ2n) is 13.0. The maximum Gasteiger partial charge on any atom is 0.306 e. The fourth-order valence-corrected chi connectivity index (χ4v) is 6.17. The van der Waals surface area contributed by atoms with Crippen molar-refractivity contribution in [2.45, 2.75) is 207 Å². The number of aliphatic carboxylic acids is 1. The fraction of sp³-hybridized carbons (Fsp3) is 0.972. The lowest BCUT2D eigenvalue weighted by atomic mass is 9.80. The summed E-state index contributed by atoms with van der Waals surface area (Å²) >= 11 is 0. The molecule has 0 aromatic carbocycles. The molecule has 0 amide bonds. The minimum Gasteiger partial charge on any atom is -0.481 e. The molecule has 0 fully saturated rings. The molecule has 0 aliphatic carbocycles. The van der Waals surface area contributed by atoms with Gasteiger partial charge in [-0.2, -0.15) is 0 Å². The second kappa shape index (κ2) is 29.5. The summed E-state index contributed by atoms with van der Waals surface area (Å²) < 4.78 is 0. The van der Waals surface area contributed by atoms with Crippen molar-refractivity contribution in [2.75, 3.05) is 0 Å². The van der Waals surface area contributed by atoms with Crippen LogP contribution in [0.3, 0.4) is 0 Å². The van der Waals surface area contributed by atoms with Gasteiger partial charge >= 0.3 is 5.97 Å². The predicted molar refractivity (Wildman–Crippen MR) is 170 cm³/mol. The van der Waals surface area contributed by atoms with Crippen molar-refractivity contribution in [3.8, 4) is 0 Å². The number of carboxylic acids is 1. The van der Waals surface area contributed by atoms with Crippen LogP contribution >= 0.6 is 0 Å². The van der Waals surface area contributed by atoms with Crippen LogP contribution in [0.15, 0.2) is 0 Å². The molecule has 228 valence electrons. The topological polar surface area (TPSA) is 37.3 Å². The van der Waals surface area contributed by atoms with Crippen LogP contribution < -0.4 is 0 Å². The van der Waals surface area contributed by atoms with Crippen LogP contribution in [0.4, 0.5) is 0 Å². The third kappa shape index (κ3) is 25.7. The Morgan fingerprint density at radius 3 is 1.05 bits per heavy atom. The van der Waals surface area contributed by atoms with Gasteiger partial charge < -0.3 is 5.11 Å². The molecule has 0 radical (unpaired) electrons. The van der Waals surface area contributed by atoms with Crippen molar-refractivity contribution in [3.63, 3.8) is 0 Å². The maximum absolute atomic E-state index is 12.3. The van der Waals surface area contributed by atoms with E-state index >= 15 is 0 Å². The fourth-order valence-electron chi connectivity index (χ4n) is 6.17. The van der Waals surface area contributed by atoms with Crippen molar-refractivity contribution >= 4 is 5.97 Å². The minimum atomic E-state index is -0.516. The zero-order valence-corrected chi connectivity index (χ0v) is 26.9.